The van der Waals surface area contributed by atoms with Gasteiger partial charge in [0.25, 0.3) is 0 Å². The second kappa shape index (κ2) is 19.7. The number of aliphatic hydroxyl groups excluding tert-OH is 2. The topological polar surface area (TPSA) is 86.9 Å². The zero-order chi connectivity index (χ0) is 25.7. The van der Waals surface area contributed by atoms with E-state index in [1.807, 2.05) is 48.5 Å². The Morgan fingerprint density at radius 2 is 1.03 bits per heavy atom. The maximum atomic E-state index is 9.04. The van der Waals surface area contributed by atoms with Gasteiger partial charge < -0.3 is 19.7 Å². The molecule has 0 aromatic heterocycles. The van der Waals surface area contributed by atoms with Gasteiger partial charge >= 0.3 is 0 Å². The molecule has 0 bridgehead atoms. The molecule has 36 heavy (non-hydrogen) atoms. The van der Waals surface area contributed by atoms with Crippen LogP contribution in [0.2, 0.25) is 0 Å². The minimum absolute atomic E-state index is 0.150. The summed E-state index contributed by atoms with van der Waals surface area (Å²) < 4.78 is 11.6. The largest absolute Gasteiger partial charge is 0.494 e. The highest BCUT2D eigenvalue weighted by Crippen LogP contribution is 2.23. The van der Waals surface area contributed by atoms with Gasteiger partial charge in [-0.2, -0.15) is 10.2 Å². The van der Waals surface area contributed by atoms with Gasteiger partial charge in [-0.3, -0.25) is 4.90 Å². The Labute approximate surface area is 217 Å². The van der Waals surface area contributed by atoms with E-state index in [-0.39, 0.29) is 13.2 Å². The summed E-state index contributed by atoms with van der Waals surface area (Å²) in [4.78, 5) is 2.11. The molecule has 0 unspecified atom stereocenters. The monoisotopic (exact) mass is 499 g/mol. The first kappa shape index (κ1) is 29.7. The van der Waals surface area contributed by atoms with Gasteiger partial charge in [-0.15, -0.1) is 0 Å². The van der Waals surface area contributed by atoms with Gasteiger partial charge in [-0.25, -0.2) is 0 Å². The molecule has 2 aromatic rings. The first-order chi connectivity index (χ1) is 17.7. The molecule has 7 nitrogen and oxygen atoms in total. The molecular weight excluding hydrogens is 454 g/mol. The number of rotatable bonds is 21. The predicted molar refractivity (Wildman–Crippen MR) is 146 cm³/mol. The van der Waals surface area contributed by atoms with Crippen molar-refractivity contribution in [2.45, 2.75) is 64.7 Å². The van der Waals surface area contributed by atoms with Crippen LogP contribution in [-0.2, 0) is 0 Å². The van der Waals surface area contributed by atoms with E-state index < -0.39 is 0 Å². The lowest BCUT2D eigenvalue weighted by atomic mass is 10.1. The van der Waals surface area contributed by atoms with Crippen LogP contribution in [0.4, 0.5) is 11.4 Å². The van der Waals surface area contributed by atoms with E-state index in [4.69, 9.17) is 19.7 Å². The number of nitrogens with zero attached hydrogens (tertiary/aromatic N) is 3. The van der Waals surface area contributed by atoms with E-state index in [1.54, 1.807) is 0 Å². The molecule has 0 amide bonds. The van der Waals surface area contributed by atoms with E-state index in [9.17, 15) is 0 Å². The number of ether oxygens (including phenoxy) is 2. The average molecular weight is 500 g/mol. The van der Waals surface area contributed by atoms with Crippen LogP contribution < -0.4 is 9.47 Å². The Kier molecular flexibility index (Phi) is 16.3. The summed E-state index contributed by atoms with van der Waals surface area (Å²) in [5, 5.41) is 26.7. The molecule has 0 aliphatic carbocycles. The number of benzene rings is 2. The Bertz CT molecular complexity index is 806. The Morgan fingerprint density at radius 1 is 0.583 bits per heavy atom. The van der Waals surface area contributed by atoms with Crippen molar-refractivity contribution < 1.29 is 19.7 Å². The second-order valence-corrected chi connectivity index (χ2v) is 9.00. The van der Waals surface area contributed by atoms with E-state index in [0.29, 0.717) is 19.7 Å². The van der Waals surface area contributed by atoms with Crippen molar-refractivity contribution in [3.63, 3.8) is 0 Å². The zero-order valence-electron chi connectivity index (χ0n) is 22.0. The van der Waals surface area contributed by atoms with Gasteiger partial charge in [0.05, 0.1) is 37.8 Å². The van der Waals surface area contributed by atoms with E-state index in [2.05, 4.69) is 22.1 Å². The van der Waals surface area contributed by atoms with Crippen LogP contribution in [0.3, 0.4) is 0 Å². The molecular formula is C29H45N3O4. The van der Waals surface area contributed by atoms with Crippen LogP contribution in [0.15, 0.2) is 58.8 Å². The summed E-state index contributed by atoms with van der Waals surface area (Å²) in [6.07, 6.45) is 10.4. The molecule has 0 aliphatic heterocycles. The molecule has 7 heteroatoms. The molecule has 2 aromatic carbocycles. The molecule has 0 aliphatic rings. The minimum atomic E-state index is 0.150. The van der Waals surface area contributed by atoms with Crippen LogP contribution in [0.5, 0.6) is 11.5 Å². The third-order valence-corrected chi connectivity index (χ3v) is 5.94. The third-order valence-electron chi connectivity index (χ3n) is 5.94. The van der Waals surface area contributed by atoms with Crippen molar-refractivity contribution in [2.75, 3.05) is 46.1 Å². The molecule has 2 rings (SSSR count). The normalized spacial score (nSPS) is 11.4. The van der Waals surface area contributed by atoms with Gasteiger partial charge in [-0.05, 0) is 74.3 Å². The second-order valence-electron chi connectivity index (χ2n) is 9.00. The standard InChI is InChI=1S/C29H45N3O4/c1-2-3-9-24-35-28-15-11-26(12-16-28)30-31-27-13-17-29(18-14-27)36-25-10-7-5-4-6-8-19-32(20-22-33)21-23-34/h11-18,33-34H,2-10,19-25H2,1H3. The predicted octanol–water partition coefficient (Wildman–Crippen LogP) is 6.68. The van der Waals surface area contributed by atoms with Crippen molar-refractivity contribution in [3.05, 3.63) is 48.5 Å². The Balaban J connectivity index is 1.56. The van der Waals surface area contributed by atoms with Gasteiger partial charge in [-0.1, -0.05) is 45.4 Å². The number of hydrogen-bond donors (Lipinski definition) is 2. The van der Waals surface area contributed by atoms with E-state index >= 15 is 0 Å². The molecule has 0 heterocycles. The van der Waals surface area contributed by atoms with Gasteiger partial charge in [0.1, 0.15) is 11.5 Å². The lowest BCUT2D eigenvalue weighted by molar-refractivity contribution is 0.159. The molecule has 200 valence electrons. The van der Waals surface area contributed by atoms with Gasteiger partial charge in [0.15, 0.2) is 0 Å². The van der Waals surface area contributed by atoms with E-state index in [0.717, 1.165) is 61.7 Å². The molecule has 0 spiro atoms. The summed E-state index contributed by atoms with van der Waals surface area (Å²) in [5.41, 5.74) is 1.59. The molecule has 0 atom stereocenters. The van der Waals surface area contributed by atoms with Crippen LogP contribution in [0.1, 0.15) is 64.7 Å². The Hall–Kier alpha value is -2.48. The van der Waals surface area contributed by atoms with Crippen molar-refractivity contribution >= 4 is 11.4 Å². The zero-order valence-corrected chi connectivity index (χ0v) is 22.0. The van der Waals surface area contributed by atoms with Crippen LogP contribution >= 0.6 is 0 Å². The quantitative estimate of drug-likeness (QED) is 0.148. The highest BCUT2D eigenvalue weighted by Gasteiger charge is 2.03. The van der Waals surface area contributed by atoms with Gasteiger partial charge in [0.2, 0.25) is 0 Å². The fourth-order valence-electron chi connectivity index (χ4n) is 3.83. The maximum Gasteiger partial charge on any atom is 0.119 e. The molecule has 0 saturated carbocycles. The summed E-state index contributed by atoms with van der Waals surface area (Å²) in [7, 11) is 0. The molecule has 0 fully saturated rings. The third kappa shape index (κ3) is 13.6. The number of hydrogen-bond acceptors (Lipinski definition) is 7. The SMILES string of the molecule is CCCCCOc1ccc(N=Nc2ccc(OCCCCCCCCN(CCO)CCO)cc2)cc1. The van der Waals surface area contributed by atoms with Gasteiger partial charge in [0, 0.05) is 13.1 Å². The maximum absolute atomic E-state index is 9.04. The number of aliphatic hydroxyl groups is 2. The fourth-order valence-corrected chi connectivity index (χ4v) is 3.83. The first-order valence-electron chi connectivity index (χ1n) is 13.6. The average Bonchev–Trinajstić information content (AvgIpc) is 2.90. The summed E-state index contributed by atoms with van der Waals surface area (Å²) >= 11 is 0. The van der Waals surface area contributed by atoms with Crippen molar-refractivity contribution in [2.24, 2.45) is 10.2 Å². The lowest BCUT2D eigenvalue weighted by Gasteiger charge is -2.19. The van der Waals surface area contributed by atoms with Crippen LogP contribution in [0.25, 0.3) is 0 Å². The number of unbranched alkanes of at least 4 members (excludes halogenated alkanes) is 7. The molecule has 0 radical (unpaired) electrons. The summed E-state index contributed by atoms with van der Waals surface area (Å²) in [5.74, 6) is 1.72. The van der Waals surface area contributed by atoms with Crippen molar-refractivity contribution in [1.29, 1.82) is 0 Å². The summed E-state index contributed by atoms with van der Waals surface area (Å²) in [6, 6.07) is 15.4. The summed E-state index contributed by atoms with van der Waals surface area (Å²) in [6.45, 7) is 6.18. The van der Waals surface area contributed by atoms with Crippen LogP contribution in [0, 0.1) is 0 Å². The molecule has 0 saturated heterocycles. The van der Waals surface area contributed by atoms with E-state index in [1.165, 1.54) is 32.1 Å². The van der Waals surface area contributed by atoms with Crippen molar-refractivity contribution in [1.82, 2.24) is 4.90 Å². The highest BCUT2D eigenvalue weighted by molar-refractivity contribution is 5.44. The Morgan fingerprint density at radius 3 is 1.50 bits per heavy atom. The molecule has 2 N–H and O–H groups in total. The smallest absolute Gasteiger partial charge is 0.119 e. The van der Waals surface area contributed by atoms with Crippen LogP contribution in [-0.4, -0.2) is 61.2 Å². The number of azo groups is 1. The lowest BCUT2D eigenvalue weighted by Crippen LogP contribution is -2.30. The highest BCUT2D eigenvalue weighted by atomic mass is 16.5. The minimum Gasteiger partial charge on any atom is -0.494 e. The first-order valence-corrected chi connectivity index (χ1v) is 13.6. The van der Waals surface area contributed by atoms with Crippen molar-refractivity contribution in [3.8, 4) is 11.5 Å². The fraction of sp³-hybridized carbons (Fsp3) is 0.586.